The number of hydrogen-bond acceptors (Lipinski definition) is 5. The third-order valence-electron chi connectivity index (χ3n) is 5.92. The Hall–Kier alpha value is -2.70. The molecule has 166 valence electrons. The fourth-order valence-corrected chi connectivity index (χ4v) is 4.37. The van der Waals surface area contributed by atoms with Gasteiger partial charge in [-0.3, -0.25) is 0 Å². The molecule has 1 aliphatic carbocycles. The summed E-state index contributed by atoms with van der Waals surface area (Å²) in [5.74, 6) is 0.712. The Bertz CT molecular complexity index is 1100. The Morgan fingerprint density at radius 1 is 1.09 bits per heavy atom. The number of benzene rings is 2. The minimum Gasteiger partial charge on any atom is -0.450 e. The summed E-state index contributed by atoms with van der Waals surface area (Å²) in [6.45, 7) is 0.281. The molecule has 1 aromatic heterocycles. The van der Waals surface area contributed by atoms with Crippen LogP contribution in [0, 0.1) is 0 Å². The first kappa shape index (κ1) is 22.5. The summed E-state index contributed by atoms with van der Waals surface area (Å²) in [7, 11) is 1.54. The average Bonchev–Trinajstić information content (AvgIpc) is 2.78. The molecule has 1 fully saturated rings. The van der Waals surface area contributed by atoms with Gasteiger partial charge in [0.2, 0.25) is 0 Å². The van der Waals surface area contributed by atoms with Crippen LogP contribution >= 0.6 is 23.2 Å². The number of ether oxygens (including phenoxy) is 1. The predicted molar refractivity (Wildman–Crippen MR) is 125 cm³/mol. The van der Waals surface area contributed by atoms with Crippen LogP contribution in [0.15, 0.2) is 48.5 Å². The number of alkyl carbamates (subject to hydrolysis) is 1. The zero-order valence-electron chi connectivity index (χ0n) is 17.8. The number of rotatable bonds is 7. The van der Waals surface area contributed by atoms with E-state index in [-0.39, 0.29) is 12.0 Å². The highest BCUT2D eigenvalue weighted by Crippen LogP contribution is 2.48. The van der Waals surface area contributed by atoms with Gasteiger partial charge in [0.25, 0.3) is 0 Å². The number of nitrogens with one attached hydrogen (secondary N) is 1. The molecule has 1 heterocycles. The molecule has 1 saturated carbocycles. The van der Waals surface area contributed by atoms with E-state index in [2.05, 4.69) is 15.5 Å². The molecule has 0 radical (unpaired) electrons. The van der Waals surface area contributed by atoms with Crippen molar-refractivity contribution in [1.82, 2.24) is 20.5 Å². The van der Waals surface area contributed by atoms with Crippen molar-refractivity contribution >= 4 is 29.3 Å². The number of aryl methyl sites for hydroxylation is 1. The molecular weight excluding hydrogens is 447 g/mol. The van der Waals surface area contributed by atoms with E-state index in [0.717, 1.165) is 36.1 Å². The maximum atomic E-state index is 11.4. The summed E-state index contributed by atoms with van der Waals surface area (Å²) < 4.78 is 5.14. The van der Waals surface area contributed by atoms with Crippen molar-refractivity contribution in [2.45, 2.75) is 37.5 Å². The van der Waals surface area contributed by atoms with E-state index in [1.807, 2.05) is 48.5 Å². The minimum atomic E-state index is -0.450. The lowest BCUT2D eigenvalue weighted by atomic mass is 9.64. The van der Waals surface area contributed by atoms with Gasteiger partial charge in [-0.05, 0) is 49.4 Å². The normalized spacial score (nSPS) is 14.5. The average molecular weight is 471 g/mol. The molecular formula is C24H24Cl2N4O2. The second kappa shape index (κ2) is 9.84. The number of carbonyl (C=O) groups is 1. The third kappa shape index (κ3) is 4.57. The zero-order chi connectivity index (χ0) is 22.6. The number of hydrogen-bond donors (Lipinski definition) is 1. The van der Waals surface area contributed by atoms with Crippen LogP contribution in [-0.2, 0) is 16.6 Å². The van der Waals surface area contributed by atoms with Gasteiger partial charge in [0.1, 0.15) is 5.69 Å². The Balaban J connectivity index is 1.69. The topological polar surface area (TPSA) is 77.0 Å². The van der Waals surface area contributed by atoms with Crippen molar-refractivity contribution in [1.29, 1.82) is 0 Å². The largest absolute Gasteiger partial charge is 0.450 e. The van der Waals surface area contributed by atoms with Gasteiger partial charge in [0.05, 0.1) is 22.7 Å². The lowest BCUT2D eigenvalue weighted by molar-refractivity contribution is 0.147. The molecule has 3 aromatic rings. The second-order valence-electron chi connectivity index (χ2n) is 7.84. The van der Waals surface area contributed by atoms with Gasteiger partial charge in [-0.25, -0.2) is 9.78 Å². The number of nitrogens with zero attached hydrogens (tertiary/aromatic N) is 3. The van der Waals surface area contributed by atoms with Crippen molar-refractivity contribution in [3.8, 4) is 11.3 Å². The molecule has 1 aliphatic rings. The van der Waals surface area contributed by atoms with Gasteiger partial charge in [-0.15, -0.1) is 10.2 Å². The molecule has 8 heteroatoms. The molecule has 0 unspecified atom stereocenters. The van der Waals surface area contributed by atoms with Crippen molar-refractivity contribution in [2.24, 2.45) is 0 Å². The maximum absolute atomic E-state index is 11.4. The smallest absolute Gasteiger partial charge is 0.406 e. The monoisotopic (exact) mass is 470 g/mol. The summed E-state index contributed by atoms with van der Waals surface area (Å²) in [5.41, 5.74) is 3.13. The fourth-order valence-electron chi connectivity index (χ4n) is 4.02. The van der Waals surface area contributed by atoms with Crippen LogP contribution in [0.1, 0.15) is 42.8 Å². The Kier molecular flexibility index (Phi) is 6.92. The van der Waals surface area contributed by atoms with Gasteiger partial charge >= 0.3 is 6.09 Å². The van der Waals surface area contributed by atoms with Crippen molar-refractivity contribution in [2.75, 3.05) is 13.7 Å². The highest BCUT2D eigenvalue weighted by molar-refractivity contribution is 6.33. The van der Waals surface area contributed by atoms with Crippen LogP contribution in [0.2, 0.25) is 10.0 Å². The van der Waals surface area contributed by atoms with Gasteiger partial charge in [0.15, 0.2) is 5.82 Å². The summed E-state index contributed by atoms with van der Waals surface area (Å²) in [6, 6.07) is 15.4. The molecule has 0 bridgehead atoms. The fraction of sp³-hybridized carbons (Fsp3) is 0.333. The molecule has 0 atom stereocenters. The van der Waals surface area contributed by atoms with Crippen LogP contribution in [0.25, 0.3) is 11.3 Å². The summed E-state index contributed by atoms with van der Waals surface area (Å²) in [6.07, 6.45) is 3.76. The van der Waals surface area contributed by atoms with Crippen LogP contribution in [0.5, 0.6) is 0 Å². The molecule has 0 spiro atoms. The third-order valence-corrected chi connectivity index (χ3v) is 6.50. The molecule has 2 aromatic carbocycles. The van der Waals surface area contributed by atoms with Gasteiger partial charge < -0.3 is 10.1 Å². The molecule has 4 rings (SSSR count). The Morgan fingerprint density at radius 3 is 2.50 bits per heavy atom. The standard InChI is InChI=1S/C24H24Cl2N4O2/c1-27-23(31)32-15-4-8-20-21(18-6-2-3-7-19(18)26)29-30-22(28-20)24(13-5-14-24)16-9-11-17(25)12-10-16/h2-3,6-7,9-12H,4-5,8,13-15H2,1H3,(H,27,31). The predicted octanol–water partition coefficient (Wildman–Crippen LogP) is 5.60. The first-order chi connectivity index (χ1) is 15.5. The molecule has 1 amide bonds. The first-order valence-electron chi connectivity index (χ1n) is 10.6. The van der Waals surface area contributed by atoms with Crippen LogP contribution in [-0.4, -0.2) is 34.9 Å². The number of carbonyl (C=O) groups excluding carboxylic acids is 1. The van der Waals surface area contributed by atoms with E-state index in [4.69, 9.17) is 32.9 Å². The second-order valence-corrected chi connectivity index (χ2v) is 8.69. The van der Waals surface area contributed by atoms with Crippen molar-refractivity contribution in [3.63, 3.8) is 0 Å². The van der Waals surface area contributed by atoms with Crippen LogP contribution in [0.4, 0.5) is 4.79 Å². The first-order valence-corrected chi connectivity index (χ1v) is 11.4. The Labute approximate surface area is 197 Å². The van der Waals surface area contributed by atoms with E-state index in [1.165, 1.54) is 7.05 Å². The highest BCUT2D eigenvalue weighted by atomic mass is 35.5. The maximum Gasteiger partial charge on any atom is 0.406 e. The molecule has 0 aliphatic heterocycles. The van der Waals surface area contributed by atoms with E-state index in [1.54, 1.807) is 0 Å². The highest BCUT2D eigenvalue weighted by Gasteiger charge is 2.43. The van der Waals surface area contributed by atoms with Crippen LogP contribution < -0.4 is 5.32 Å². The van der Waals surface area contributed by atoms with Gasteiger partial charge in [0, 0.05) is 17.6 Å². The number of amides is 1. The molecule has 0 saturated heterocycles. The van der Waals surface area contributed by atoms with Gasteiger partial charge in [-0.2, -0.15) is 0 Å². The minimum absolute atomic E-state index is 0.260. The molecule has 6 nitrogen and oxygen atoms in total. The van der Waals surface area contributed by atoms with Gasteiger partial charge in [-0.1, -0.05) is 60.0 Å². The number of halogens is 2. The van der Waals surface area contributed by atoms with E-state index in [9.17, 15) is 4.79 Å². The van der Waals surface area contributed by atoms with Crippen molar-refractivity contribution < 1.29 is 9.53 Å². The van der Waals surface area contributed by atoms with E-state index < -0.39 is 6.09 Å². The zero-order valence-corrected chi connectivity index (χ0v) is 19.3. The summed E-state index contributed by atoms with van der Waals surface area (Å²) >= 11 is 12.6. The molecule has 32 heavy (non-hydrogen) atoms. The Morgan fingerprint density at radius 2 is 1.84 bits per heavy atom. The quantitative estimate of drug-likeness (QED) is 0.454. The van der Waals surface area contributed by atoms with Crippen LogP contribution in [0.3, 0.4) is 0 Å². The summed E-state index contributed by atoms with van der Waals surface area (Å²) in [4.78, 5) is 16.4. The lowest BCUT2D eigenvalue weighted by Gasteiger charge is -2.40. The van der Waals surface area contributed by atoms with Crippen molar-refractivity contribution in [3.05, 3.63) is 75.7 Å². The van der Waals surface area contributed by atoms with E-state index in [0.29, 0.717) is 34.4 Å². The van der Waals surface area contributed by atoms with E-state index >= 15 is 0 Å². The lowest BCUT2D eigenvalue weighted by Crippen LogP contribution is -2.38. The molecule has 1 N–H and O–H groups in total. The number of aromatic nitrogens is 3. The summed E-state index contributed by atoms with van der Waals surface area (Å²) in [5, 5.41) is 12.9. The SMILES string of the molecule is CNC(=O)OCCCc1nc(C2(c3ccc(Cl)cc3)CCC2)nnc1-c1ccccc1Cl.